The first-order valence-corrected chi connectivity index (χ1v) is 6.39. The molecule has 0 saturated heterocycles. The van der Waals surface area contributed by atoms with Gasteiger partial charge in [0.25, 0.3) is 5.91 Å². The molecule has 1 rings (SSSR count). The van der Waals surface area contributed by atoms with E-state index in [1.165, 1.54) is 0 Å². The molecule has 0 aliphatic carbocycles. The molecule has 0 radical (unpaired) electrons. The Hall–Kier alpha value is -1.95. The maximum Gasteiger partial charge on any atom is 0.404 e. The summed E-state index contributed by atoms with van der Waals surface area (Å²) in [7, 11) is 0. The van der Waals surface area contributed by atoms with Crippen molar-refractivity contribution >= 4 is 23.6 Å². The molecule has 0 heterocycles. The minimum atomic E-state index is -1.13. The number of carbonyl (C=O) groups is 2. The zero-order chi connectivity index (χ0) is 15.2. The van der Waals surface area contributed by atoms with E-state index in [9.17, 15) is 9.59 Å². The Balaban J connectivity index is 2.48. The van der Waals surface area contributed by atoms with Crippen LogP contribution in [0.5, 0.6) is 5.75 Å². The number of carboxylic acid groups (broad SMARTS) is 1. The van der Waals surface area contributed by atoms with E-state index < -0.39 is 11.7 Å². The zero-order valence-corrected chi connectivity index (χ0v) is 12.0. The number of hydrogen-bond donors (Lipinski definition) is 3. The van der Waals surface area contributed by atoms with E-state index in [0.29, 0.717) is 10.8 Å². The van der Waals surface area contributed by atoms with Crippen molar-refractivity contribution in [3.05, 3.63) is 29.3 Å². The number of carbonyl (C=O) groups excluding carboxylic acids is 1. The van der Waals surface area contributed by atoms with E-state index in [4.69, 9.17) is 21.4 Å². The molecule has 0 aliphatic heterocycles. The average Bonchev–Trinajstić information content (AvgIpc) is 2.36. The van der Waals surface area contributed by atoms with Crippen LogP contribution in [0.4, 0.5) is 4.79 Å². The highest BCUT2D eigenvalue weighted by Crippen LogP contribution is 2.20. The lowest BCUT2D eigenvalue weighted by atomic mass is 10.1. The Bertz CT molecular complexity index is 474. The first-order chi connectivity index (χ1) is 9.31. The second-order valence-electron chi connectivity index (χ2n) is 4.55. The summed E-state index contributed by atoms with van der Waals surface area (Å²) in [5, 5.41) is 13.7. The number of halogens is 1. The summed E-state index contributed by atoms with van der Waals surface area (Å²) in [6.07, 6.45) is -1.13. The van der Waals surface area contributed by atoms with Gasteiger partial charge in [-0.1, -0.05) is 11.6 Å². The van der Waals surface area contributed by atoms with Crippen molar-refractivity contribution < 1.29 is 19.4 Å². The highest BCUT2D eigenvalue weighted by molar-refractivity contribution is 6.30. The topological polar surface area (TPSA) is 87.7 Å². The highest BCUT2D eigenvalue weighted by atomic mass is 35.5. The monoisotopic (exact) mass is 300 g/mol. The number of amides is 2. The van der Waals surface area contributed by atoms with Gasteiger partial charge >= 0.3 is 6.09 Å². The average molecular weight is 301 g/mol. The molecule has 1 aromatic carbocycles. The van der Waals surface area contributed by atoms with Crippen LogP contribution in [-0.2, 0) is 4.79 Å². The number of rotatable bonds is 6. The second kappa shape index (κ2) is 7.00. The SMILES string of the molecule is CC(C)(Oc1ccc(Cl)cc1)C(=O)NCCNC(=O)O. The van der Waals surface area contributed by atoms with E-state index in [-0.39, 0.29) is 19.0 Å². The molecule has 2 amide bonds. The Morgan fingerprint density at radius 3 is 2.30 bits per heavy atom. The third-order valence-corrected chi connectivity index (χ3v) is 2.67. The fourth-order valence-corrected chi connectivity index (χ4v) is 1.53. The van der Waals surface area contributed by atoms with E-state index in [2.05, 4.69) is 10.6 Å². The predicted octanol–water partition coefficient (Wildman–Crippen LogP) is 1.88. The van der Waals surface area contributed by atoms with Crippen LogP contribution in [0.25, 0.3) is 0 Å². The van der Waals surface area contributed by atoms with Crippen LogP contribution in [0.15, 0.2) is 24.3 Å². The fraction of sp³-hybridized carbons (Fsp3) is 0.385. The Morgan fingerprint density at radius 2 is 1.75 bits per heavy atom. The van der Waals surface area contributed by atoms with Crippen molar-refractivity contribution in [2.45, 2.75) is 19.4 Å². The lowest BCUT2D eigenvalue weighted by Gasteiger charge is -2.25. The molecule has 0 fully saturated rings. The van der Waals surface area contributed by atoms with Crippen LogP contribution in [0.3, 0.4) is 0 Å². The molecule has 6 nitrogen and oxygen atoms in total. The van der Waals surface area contributed by atoms with Crippen molar-refractivity contribution in [2.24, 2.45) is 0 Å². The third-order valence-electron chi connectivity index (χ3n) is 2.42. The van der Waals surface area contributed by atoms with E-state index in [1.54, 1.807) is 38.1 Å². The summed E-state index contributed by atoms with van der Waals surface area (Å²) in [4.78, 5) is 22.2. The van der Waals surface area contributed by atoms with Gasteiger partial charge in [-0.2, -0.15) is 0 Å². The quantitative estimate of drug-likeness (QED) is 0.700. The Kier molecular flexibility index (Phi) is 5.64. The van der Waals surface area contributed by atoms with Gasteiger partial charge in [0.1, 0.15) is 5.75 Å². The van der Waals surface area contributed by atoms with Crippen molar-refractivity contribution in [2.75, 3.05) is 13.1 Å². The molecule has 0 unspecified atom stereocenters. The predicted molar refractivity (Wildman–Crippen MR) is 75.2 cm³/mol. The van der Waals surface area contributed by atoms with Gasteiger partial charge in [-0.3, -0.25) is 4.79 Å². The van der Waals surface area contributed by atoms with Crippen molar-refractivity contribution in [3.63, 3.8) is 0 Å². The zero-order valence-electron chi connectivity index (χ0n) is 11.3. The normalized spacial score (nSPS) is 10.8. The number of benzene rings is 1. The number of ether oxygens (including phenoxy) is 1. The van der Waals surface area contributed by atoms with E-state index in [1.807, 2.05) is 0 Å². The molecule has 0 atom stereocenters. The maximum atomic E-state index is 11.9. The summed E-state index contributed by atoms with van der Waals surface area (Å²) >= 11 is 5.77. The molecule has 0 aliphatic rings. The van der Waals surface area contributed by atoms with Gasteiger partial charge in [-0.25, -0.2) is 4.79 Å². The summed E-state index contributed by atoms with van der Waals surface area (Å²) in [5.41, 5.74) is -1.07. The van der Waals surface area contributed by atoms with Gasteiger partial charge in [0.15, 0.2) is 5.60 Å². The molecular formula is C13H17ClN2O4. The van der Waals surface area contributed by atoms with Crippen molar-refractivity contribution in [3.8, 4) is 5.75 Å². The Morgan fingerprint density at radius 1 is 1.20 bits per heavy atom. The van der Waals surface area contributed by atoms with Gasteiger partial charge in [0, 0.05) is 18.1 Å². The minimum Gasteiger partial charge on any atom is -0.478 e. The van der Waals surface area contributed by atoms with Crippen LogP contribution in [0.1, 0.15) is 13.8 Å². The second-order valence-corrected chi connectivity index (χ2v) is 4.99. The number of nitrogens with one attached hydrogen (secondary N) is 2. The van der Waals surface area contributed by atoms with Crippen LogP contribution in [0.2, 0.25) is 5.02 Å². The molecule has 0 spiro atoms. The van der Waals surface area contributed by atoms with E-state index >= 15 is 0 Å². The van der Waals surface area contributed by atoms with Gasteiger partial charge in [-0.15, -0.1) is 0 Å². The molecule has 20 heavy (non-hydrogen) atoms. The summed E-state index contributed by atoms with van der Waals surface area (Å²) in [6, 6.07) is 6.68. The summed E-state index contributed by atoms with van der Waals surface area (Å²) in [6.45, 7) is 3.58. The first kappa shape index (κ1) is 16.1. The van der Waals surface area contributed by atoms with Crippen LogP contribution >= 0.6 is 11.6 Å². The smallest absolute Gasteiger partial charge is 0.404 e. The molecule has 0 saturated carbocycles. The standard InChI is InChI=1S/C13H17ClN2O4/c1-13(2,11(17)15-7-8-16-12(18)19)20-10-5-3-9(14)4-6-10/h3-6,16H,7-8H2,1-2H3,(H,15,17)(H,18,19). The molecule has 1 aromatic rings. The van der Waals surface area contributed by atoms with Gasteiger partial charge < -0.3 is 20.5 Å². The van der Waals surface area contributed by atoms with Gasteiger partial charge in [-0.05, 0) is 38.1 Å². The van der Waals surface area contributed by atoms with Crippen molar-refractivity contribution in [1.29, 1.82) is 0 Å². The van der Waals surface area contributed by atoms with Crippen molar-refractivity contribution in [1.82, 2.24) is 10.6 Å². The van der Waals surface area contributed by atoms with E-state index in [0.717, 1.165) is 0 Å². The summed E-state index contributed by atoms with van der Waals surface area (Å²) in [5.74, 6) is 0.192. The largest absolute Gasteiger partial charge is 0.478 e. The molecule has 7 heteroatoms. The van der Waals surface area contributed by atoms with Gasteiger partial charge in [0.05, 0.1) is 0 Å². The highest BCUT2D eigenvalue weighted by Gasteiger charge is 2.29. The fourth-order valence-electron chi connectivity index (χ4n) is 1.40. The third kappa shape index (κ3) is 5.36. The molecule has 0 aromatic heterocycles. The van der Waals surface area contributed by atoms with Crippen LogP contribution in [0, 0.1) is 0 Å². The maximum absolute atomic E-state index is 11.9. The lowest BCUT2D eigenvalue weighted by Crippen LogP contribution is -2.48. The van der Waals surface area contributed by atoms with Crippen LogP contribution < -0.4 is 15.4 Å². The Labute approximate surface area is 122 Å². The number of hydrogen-bond acceptors (Lipinski definition) is 3. The summed E-state index contributed by atoms with van der Waals surface area (Å²) < 4.78 is 5.59. The molecule has 0 bridgehead atoms. The molecular weight excluding hydrogens is 284 g/mol. The first-order valence-electron chi connectivity index (χ1n) is 6.01. The van der Waals surface area contributed by atoms with Crippen LogP contribution in [-0.4, -0.2) is 35.8 Å². The lowest BCUT2D eigenvalue weighted by molar-refractivity contribution is -0.134. The minimum absolute atomic E-state index is 0.137. The molecule has 110 valence electrons. The molecule has 3 N–H and O–H groups in total. The van der Waals surface area contributed by atoms with Gasteiger partial charge in [0.2, 0.25) is 0 Å².